The molecule has 0 aromatic carbocycles. The lowest BCUT2D eigenvalue weighted by Gasteiger charge is -2.06. The van der Waals surface area contributed by atoms with Gasteiger partial charge in [-0.2, -0.15) is 0 Å². The van der Waals surface area contributed by atoms with E-state index in [1.54, 1.807) is 14.0 Å². The standard InChI is InChI=1S/C8H18N2O4S/c1-3-6-15(12,13)10-8(11)7-9-4-5-14-2/h9H,3-7H2,1-2H3,(H,10,11). The minimum Gasteiger partial charge on any atom is -0.383 e. The molecule has 0 aliphatic rings. The fourth-order valence-electron chi connectivity index (χ4n) is 0.905. The summed E-state index contributed by atoms with van der Waals surface area (Å²) >= 11 is 0. The number of carbonyl (C=O) groups excluding carboxylic acids is 1. The first-order chi connectivity index (χ1) is 7.02. The third-order valence-electron chi connectivity index (χ3n) is 1.51. The number of ether oxygens (including phenoxy) is 1. The van der Waals surface area contributed by atoms with Crippen molar-refractivity contribution >= 4 is 15.9 Å². The molecule has 90 valence electrons. The summed E-state index contributed by atoms with van der Waals surface area (Å²) in [6, 6.07) is 0. The van der Waals surface area contributed by atoms with Crippen LogP contribution < -0.4 is 10.0 Å². The van der Waals surface area contributed by atoms with Gasteiger partial charge in [0, 0.05) is 13.7 Å². The number of methoxy groups -OCH3 is 1. The second kappa shape index (κ2) is 7.61. The average Bonchev–Trinajstić information content (AvgIpc) is 2.11. The highest BCUT2D eigenvalue weighted by Gasteiger charge is 2.12. The second-order valence-corrected chi connectivity index (χ2v) is 4.86. The van der Waals surface area contributed by atoms with Crippen molar-refractivity contribution in [2.75, 3.05) is 32.6 Å². The van der Waals surface area contributed by atoms with Crippen molar-refractivity contribution in [2.45, 2.75) is 13.3 Å². The van der Waals surface area contributed by atoms with Gasteiger partial charge in [-0.1, -0.05) is 6.92 Å². The molecule has 0 aliphatic heterocycles. The summed E-state index contributed by atoms with van der Waals surface area (Å²) in [7, 11) is -1.90. The first-order valence-corrected chi connectivity index (χ1v) is 6.40. The SMILES string of the molecule is CCCS(=O)(=O)NC(=O)CNCCOC. The lowest BCUT2D eigenvalue weighted by atomic mass is 10.6. The van der Waals surface area contributed by atoms with E-state index in [0.29, 0.717) is 19.6 Å². The maximum absolute atomic E-state index is 11.1. The Bertz CT molecular complexity index is 276. The van der Waals surface area contributed by atoms with Crippen LogP contribution in [0.25, 0.3) is 0 Å². The summed E-state index contributed by atoms with van der Waals surface area (Å²) in [6.07, 6.45) is 0.486. The summed E-state index contributed by atoms with van der Waals surface area (Å²) < 4.78 is 29.0. The molecular formula is C8H18N2O4S. The monoisotopic (exact) mass is 238 g/mol. The molecule has 1 amide bonds. The Kier molecular flexibility index (Phi) is 7.27. The van der Waals surface area contributed by atoms with Crippen molar-refractivity contribution in [3.8, 4) is 0 Å². The molecule has 0 heterocycles. The molecule has 0 atom stereocenters. The van der Waals surface area contributed by atoms with E-state index in [1.165, 1.54) is 0 Å². The lowest BCUT2D eigenvalue weighted by molar-refractivity contribution is -0.118. The Morgan fingerprint density at radius 3 is 2.60 bits per heavy atom. The number of carbonyl (C=O) groups is 1. The van der Waals surface area contributed by atoms with Crippen LogP contribution in [0.4, 0.5) is 0 Å². The lowest BCUT2D eigenvalue weighted by Crippen LogP contribution is -2.39. The van der Waals surface area contributed by atoms with Crippen molar-refractivity contribution in [2.24, 2.45) is 0 Å². The van der Waals surface area contributed by atoms with Crippen molar-refractivity contribution < 1.29 is 17.9 Å². The second-order valence-electron chi connectivity index (χ2n) is 3.01. The van der Waals surface area contributed by atoms with Crippen LogP contribution in [-0.4, -0.2) is 46.9 Å². The third-order valence-corrected chi connectivity index (χ3v) is 3.00. The van der Waals surface area contributed by atoms with Gasteiger partial charge in [0.05, 0.1) is 18.9 Å². The molecule has 0 unspecified atom stereocenters. The summed E-state index contributed by atoms with van der Waals surface area (Å²) in [6.45, 7) is 2.71. The minimum absolute atomic E-state index is 0.0215. The molecule has 0 saturated heterocycles. The smallest absolute Gasteiger partial charge is 0.247 e. The quantitative estimate of drug-likeness (QED) is 0.534. The van der Waals surface area contributed by atoms with Gasteiger partial charge in [0.1, 0.15) is 0 Å². The average molecular weight is 238 g/mol. The summed E-state index contributed by atoms with van der Waals surface area (Å²) in [5.41, 5.74) is 0. The highest BCUT2D eigenvalue weighted by Crippen LogP contribution is 1.87. The molecule has 0 aliphatic carbocycles. The van der Waals surface area contributed by atoms with Crippen LogP contribution >= 0.6 is 0 Å². The van der Waals surface area contributed by atoms with Crippen LogP contribution in [0.1, 0.15) is 13.3 Å². The van der Waals surface area contributed by atoms with Crippen LogP contribution in [0.15, 0.2) is 0 Å². The van der Waals surface area contributed by atoms with Crippen molar-refractivity contribution in [3.05, 3.63) is 0 Å². The van der Waals surface area contributed by atoms with Gasteiger partial charge < -0.3 is 10.1 Å². The van der Waals surface area contributed by atoms with E-state index in [1.807, 2.05) is 4.72 Å². The number of hydrogen-bond donors (Lipinski definition) is 2. The Morgan fingerprint density at radius 2 is 2.07 bits per heavy atom. The molecule has 0 rings (SSSR count). The van der Waals surface area contributed by atoms with Crippen LogP contribution in [-0.2, 0) is 19.6 Å². The zero-order valence-corrected chi connectivity index (χ0v) is 9.89. The van der Waals surface area contributed by atoms with Gasteiger partial charge in [-0.3, -0.25) is 9.52 Å². The molecule has 2 N–H and O–H groups in total. The topological polar surface area (TPSA) is 84.5 Å². The molecular weight excluding hydrogens is 220 g/mol. The number of nitrogens with one attached hydrogen (secondary N) is 2. The van der Waals surface area contributed by atoms with E-state index in [2.05, 4.69) is 5.32 Å². The van der Waals surface area contributed by atoms with Gasteiger partial charge in [0.15, 0.2) is 0 Å². The molecule has 0 aromatic heterocycles. The molecule has 7 heteroatoms. The fourth-order valence-corrected chi connectivity index (χ4v) is 1.96. The minimum atomic E-state index is -3.44. The molecule has 0 aromatic rings. The molecule has 0 fully saturated rings. The molecule has 0 spiro atoms. The third kappa shape index (κ3) is 8.34. The predicted octanol–water partition coefficient (Wildman–Crippen LogP) is -0.922. The van der Waals surface area contributed by atoms with Gasteiger partial charge in [-0.25, -0.2) is 8.42 Å². The number of rotatable bonds is 8. The fraction of sp³-hybridized carbons (Fsp3) is 0.875. The number of hydrogen-bond acceptors (Lipinski definition) is 5. The van der Waals surface area contributed by atoms with E-state index in [-0.39, 0.29) is 12.3 Å². The van der Waals surface area contributed by atoms with Crippen molar-refractivity contribution in [3.63, 3.8) is 0 Å². The van der Waals surface area contributed by atoms with Crippen molar-refractivity contribution in [1.82, 2.24) is 10.0 Å². The predicted molar refractivity (Wildman–Crippen MR) is 57.0 cm³/mol. The van der Waals surface area contributed by atoms with Gasteiger partial charge in [0.2, 0.25) is 15.9 Å². The first kappa shape index (κ1) is 14.3. The maximum Gasteiger partial charge on any atom is 0.247 e. The molecule has 0 bridgehead atoms. The van der Waals surface area contributed by atoms with Gasteiger partial charge in [0.25, 0.3) is 0 Å². The molecule has 0 saturated carbocycles. The number of sulfonamides is 1. The van der Waals surface area contributed by atoms with Crippen LogP contribution in [0.3, 0.4) is 0 Å². The van der Waals surface area contributed by atoms with Crippen LogP contribution in [0.5, 0.6) is 0 Å². The highest BCUT2D eigenvalue weighted by atomic mass is 32.2. The Morgan fingerprint density at radius 1 is 1.40 bits per heavy atom. The van der Waals surface area contributed by atoms with Crippen LogP contribution in [0, 0.1) is 0 Å². The maximum atomic E-state index is 11.1. The molecule has 0 radical (unpaired) electrons. The Balaban J connectivity index is 3.74. The Labute approximate surface area is 90.4 Å². The number of amides is 1. The Hall–Kier alpha value is -0.660. The van der Waals surface area contributed by atoms with E-state index in [0.717, 1.165) is 0 Å². The highest BCUT2D eigenvalue weighted by molar-refractivity contribution is 7.90. The summed E-state index contributed by atoms with van der Waals surface area (Å²) in [5.74, 6) is -0.573. The largest absolute Gasteiger partial charge is 0.383 e. The summed E-state index contributed by atoms with van der Waals surface area (Å²) in [5, 5.41) is 2.75. The zero-order valence-electron chi connectivity index (χ0n) is 9.08. The zero-order chi connectivity index (χ0) is 11.7. The summed E-state index contributed by atoms with van der Waals surface area (Å²) in [4.78, 5) is 11.1. The van der Waals surface area contributed by atoms with Gasteiger partial charge >= 0.3 is 0 Å². The van der Waals surface area contributed by atoms with E-state index in [9.17, 15) is 13.2 Å². The van der Waals surface area contributed by atoms with E-state index in [4.69, 9.17) is 4.74 Å². The molecule has 15 heavy (non-hydrogen) atoms. The van der Waals surface area contributed by atoms with Crippen LogP contribution in [0.2, 0.25) is 0 Å². The van der Waals surface area contributed by atoms with E-state index < -0.39 is 15.9 Å². The first-order valence-electron chi connectivity index (χ1n) is 4.74. The van der Waals surface area contributed by atoms with Gasteiger partial charge in [-0.05, 0) is 6.42 Å². The molecule has 6 nitrogen and oxygen atoms in total. The van der Waals surface area contributed by atoms with E-state index >= 15 is 0 Å². The van der Waals surface area contributed by atoms with Gasteiger partial charge in [-0.15, -0.1) is 0 Å². The normalized spacial score (nSPS) is 11.3. The van der Waals surface area contributed by atoms with Crippen molar-refractivity contribution in [1.29, 1.82) is 0 Å².